The highest BCUT2D eigenvalue weighted by Crippen LogP contribution is 2.49. The smallest absolute Gasteiger partial charge is 0.192 e. The minimum Gasteiger partial charge on any atom is -0.497 e. The van der Waals surface area contributed by atoms with Crippen LogP contribution in [0.4, 0.5) is 0 Å². The SMILES string of the molecule is COc1cccc(C2=NN3C(C2)c2cccc(OC)c2OC3(C)C)c1. The summed E-state index contributed by atoms with van der Waals surface area (Å²) in [6.45, 7) is 4.07. The van der Waals surface area contributed by atoms with Gasteiger partial charge in [-0.3, -0.25) is 0 Å². The zero-order valence-corrected chi connectivity index (χ0v) is 14.9. The Morgan fingerprint density at radius 3 is 2.68 bits per heavy atom. The van der Waals surface area contributed by atoms with E-state index in [9.17, 15) is 0 Å². The van der Waals surface area contributed by atoms with Crippen molar-refractivity contribution in [2.24, 2.45) is 5.10 Å². The van der Waals surface area contributed by atoms with E-state index in [1.165, 1.54) is 0 Å². The zero-order valence-electron chi connectivity index (χ0n) is 14.9. The van der Waals surface area contributed by atoms with Gasteiger partial charge in [0.25, 0.3) is 0 Å². The second kappa shape index (κ2) is 5.69. The largest absolute Gasteiger partial charge is 0.497 e. The molecule has 0 aliphatic carbocycles. The minimum absolute atomic E-state index is 0.134. The van der Waals surface area contributed by atoms with Crippen LogP contribution in [-0.4, -0.2) is 30.7 Å². The van der Waals surface area contributed by atoms with E-state index in [0.717, 1.165) is 40.5 Å². The first-order valence-corrected chi connectivity index (χ1v) is 8.40. The maximum atomic E-state index is 6.25. The van der Waals surface area contributed by atoms with Crippen molar-refractivity contribution in [2.75, 3.05) is 14.2 Å². The Balaban J connectivity index is 1.76. The summed E-state index contributed by atoms with van der Waals surface area (Å²) in [6.07, 6.45) is 0.820. The fourth-order valence-electron chi connectivity index (χ4n) is 3.59. The molecule has 2 aliphatic rings. The van der Waals surface area contributed by atoms with Crippen molar-refractivity contribution in [3.8, 4) is 17.2 Å². The van der Waals surface area contributed by atoms with E-state index >= 15 is 0 Å². The van der Waals surface area contributed by atoms with Crippen molar-refractivity contribution >= 4 is 5.71 Å². The molecule has 130 valence electrons. The number of rotatable bonds is 3. The summed E-state index contributed by atoms with van der Waals surface area (Å²) in [5, 5.41) is 6.95. The molecule has 1 unspecified atom stereocenters. The molecule has 25 heavy (non-hydrogen) atoms. The average molecular weight is 338 g/mol. The first kappa shape index (κ1) is 15.8. The van der Waals surface area contributed by atoms with Gasteiger partial charge >= 0.3 is 0 Å². The topological polar surface area (TPSA) is 43.3 Å². The van der Waals surface area contributed by atoms with Crippen LogP contribution in [0, 0.1) is 0 Å². The van der Waals surface area contributed by atoms with Crippen LogP contribution in [0.1, 0.15) is 37.4 Å². The molecule has 1 atom stereocenters. The number of nitrogens with zero attached hydrogens (tertiary/aromatic N) is 2. The van der Waals surface area contributed by atoms with Gasteiger partial charge in [-0.2, -0.15) is 5.10 Å². The molecule has 0 N–H and O–H groups in total. The summed E-state index contributed by atoms with van der Waals surface area (Å²) in [7, 11) is 3.35. The summed E-state index contributed by atoms with van der Waals surface area (Å²) in [5.41, 5.74) is 2.68. The monoisotopic (exact) mass is 338 g/mol. The number of hydrogen-bond acceptors (Lipinski definition) is 5. The third-order valence-electron chi connectivity index (χ3n) is 4.81. The normalized spacial score (nSPS) is 20.2. The van der Waals surface area contributed by atoms with Crippen molar-refractivity contribution in [1.29, 1.82) is 0 Å². The number of para-hydroxylation sites is 1. The van der Waals surface area contributed by atoms with Crippen LogP contribution in [0.2, 0.25) is 0 Å². The molecule has 0 bridgehead atoms. The molecule has 2 aliphatic heterocycles. The van der Waals surface area contributed by atoms with Crippen LogP contribution < -0.4 is 14.2 Å². The van der Waals surface area contributed by atoms with Crippen molar-refractivity contribution in [3.05, 3.63) is 53.6 Å². The van der Waals surface area contributed by atoms with Crippen LogP contribution in [0.15, 0.2) is 47.6 Å². The molecular formula is C20H22N2O3. The van der Waals surface area contributed by atoms with Crippen molar-refractivity contribution < 1.29 is 14.2 Å². The van der Waals surface area contributed by atoms with Crippen LogP contribution in [-0.2, 0) is 0 Å². The summed E-state index contributed by atoms with van der Waals surface area (Å²) in [4.78, 5) is 0. The maximum Gasteiger partial charge on any atom is 0.192 e. The summed E-state index contributed by atoms with van der Waals surface area (Å²) >= 11 is 0. The van der Waals surface area contributed by atoms with Gasteiger partial charge in [0, 0.05) is 17.5 Å². The standard InChI is InChI=1S/C20H22N2O3/c1-20(2)22-17(15-9-6-10-18(24-4)19(15)25-20)12-16(21-22)13-7-5-8-14(11-13)23-3/h5-11,17H,12H2,1-4H3. The molecule has 2 aromatic carbocycles. The van der Waals surface area contributed by atoms with E-state index in [4.69, 9.17) is 19.3 Å². The number of hydrogen-bond donors (Lipinski definition) is 0. The van der Waals surface area contributed by atoms with E-state index < -0.39 is 5.72 Å². The lowest BCUT2D eigenvalue weighted by atomic mass is 9.95. The van der Waals surface area contributed by atoms with Gasteiger partial charge in [0.1, 0.15) is 5.75 Å². The Morgan fingerprint density at radius 2 is 1.92 bits per heavy atom. The number of ether oxygens (including phenoxy) is 3. The number of methoxy groups -OCH3 is 2. The third-order valence-corrected chi connectivity index (χ3v) is 4.81. The second-order valence-electron chi connectivity index (χ2n) is 6.77. The van der Waals surface area contributed by atoms with Gasteiger partial charge in [0.05, 0.1) is 26.0 Å². The first-order valence-electron chi connectivity index (χ1n) is 8.40. The second-order valence-corrected chi connectivity index (χ2v) is 6.77. The van der Waals surface area contributed by atoms with Gasteiger partial charge in [-0.15, -0.1) is 0 Å². The number of hydrazone groups is 1. The Hall–Kier alpha value is -2.69. The van der Waals surface area contributed by atoms with Gasteiger partial charge in [0.15, 0.2) is 17.2 Å². The van der Waals surface area contributed by atoms with E-state index in [2.05, 4.69) is 17.1 Å². The van der Waals surface area contributed by atoms with Gasteiger partial charge in [0.2, 0.25) is 0 Å². The molecule has 0 fully saturated rings. The van der Waals surface area contributed by atoms with E-state index in [1.807, 2.05) is 44.2 Å². The molecule has 0 amide bonds. The highest BCUT2D eigenvalue weighted by molar-refractivity contribution is 6.02. The summed E-state index contributed by atoms with van der Waals surface area (Å²) < 4.78 is 17.1. The van der Waals surface area contributed by atoms with Gasteiger partial charge in [-0.1, -0.05) is 24.3 Å². The molecule has 5 heteroatoms. The number of benzene rings is 2. The zero-order chi connectivity index (χ0) is 17.6. The Bertz CT molecular complexity index is 845. The first-order chi connectivity index (χ1) is 12.0. The Labute approximate surface area is 147 Å². The van der Waals surface area contributed by atoms with Gasteiger partial charge in [-0.05, 0) is 32.0 Å². The van der Waals surface area contributed by atoms with E-state index in [0.29, 0.717) is 0 Å². The van der Waals surface area contributed by atoms with Crippen molar-refractivity contribution in [1.82, 2.24) is 5.01 Å². The molecule has 0 spiro atoms. The molecule has 5 nitrogen and oxygen atoms in total. The molecule has 0 saturated carbocycles. The quantitative estimate of drug-likeness (QED) is 0.849. The molecule has 2 heterocycles. The van der Waals surface area contributed by atoms with Crippen LogP contribution in [0.25, 0.3) is 0 Å². The van der Waals surface area contributed by atoms with Crippen molar-refractivity contribution in [3.63, 3.8) is 0 Å². The van der Waals surface area contributed by atoms with Gasteiger partial charge in [-0.25, -0.2) is 5.01 Å². The van der Waals surface area contributed by atoms with E-state index in [1.54, 1.807) is 14.2 Å². The molecule has 0 saturated heterocycles. The highest BCUT2D eigenvalue weighted by Gasteiger charge is 2.45. The minimum atomic E-state index is -0.549. The van der Waals surface area contributed by atoms with Crippen LogP contribution in [0.5, 0.6) is 17.2 Å². The van der Waals surface area contributed by atoms with Gasteiger partial charge < -0.3 is 14.2 Å². The maximum absolute atomic E-state index is 6.25. The molecule has 4 rings (SSSR count). The van der Waals surface area contributed by atoms with Crippen LogP contribution >= 0.6 is 0 Å². The van der Waals surface area contributed by atoms with E-state index in [-0.39, 0.29) is 6.04 Å². The predicted molar refractivity (Wildman–Crippen MR) is 96.4 cm³/mol. The molecule has 2 aromatic rings. The lowest BCUT2D eigenvalue weighted by Crippen LogP contribution is -2.48. The van der Waals surface area contributed by atoms with Crippen molar-refractivity contribution in [2.45, 2.75) is 32.0 Å². The molecule has 0 radical (unpaired) electrons. The fourth-order valence-corrected chi connectivity index (χ4v) is 3.59. The lowest BCUT2D eigenvalue weighted by Gasteiger charge is -2.43. The lowest BCUT2D eigenvalue weighted by molar-refractivity contribution is -0.0924. The number of fused-ring (bicyclic) bond motifs is 3. The summed E-state index contributed by atoms with van der Waals surface area (Å²) in [6, 6.07) is 14.2. The predicted octanol–water partition coefficient (Wildman–Crippen LogP) is 3.98. The molecular weight excluding hydrogens is 316 g/mol. The highest BCUT2D eigenvalue weighted by atomic mass is 16.5. The Morgan fingerprint density at radius 1 is 1.12 bits per heavy atom. The fraction of sp³-hybridized carbons (Fsp3) is 0.350. The summed E-state index contributed by atoms with van der Waals surface area (Å²) in [5.74, 6) is 2.42. The average Bonchev–Trinajstić information content (AvgIpc) is 3.08. The Kier molecular flexibility index (Phi) is 3.60. The third kappa shape index (κ3) is 2.51. The van der Waals surface area contributed by atoms with Crippen LogP contribution in [0.3, 0.4) is 0 Å². The molecule has 0 aromatic heterocycles.